The van der Waals surface area contributed by atoms with Gasteiger partial charge in [0.05, 0.1) is 11.6 Å². The molecule has 0 unspecified atom stereocenters. The lowest BCUT2D eigenvalue weighted by Crippen LogP contribution is -2.21. The van der Waals surface area contributed by atoms with Gasteiger partial charge in [0.25, 0.3) is 0 Å². The van der Waals surface area contributed by atoms with Crippen LogP contribution in [0, 0.1) is 6.92 Å². The zero-order chi connectivity index (χ0) is 10.6. The van der Waals surface area contributed by atoms with Crippen molar-refractivity contribution in [2.45, 2.75) is 13.0 Å². The SMILES string of the molecule is Cc1ccc(OC[C@@H](O)CO)c(Cl)c1. The van der Waals surface area contributed by atoms with Crippen molar-refractivity contribution in [2.75, 3.05) is 13.2 Å². The third-order valence-corrected chi connectivity index (χ3v) is 2.02. The van der Waals surface area contributed by atoms with Crippen molar-refractivity contribution in [2.24, 2.45) is 0 Å². The van der Waals surface area contributed by atoms with Crippen LogP contribution in [0.1, 0.15) is 5.56 Å². The van der Waals surface area contributed by atoms with Gasteiger partial charge < -0.3 is 14.9 Å². The van der Waals surface area contributed by atoms with Crippen LogP contribution in [0.2, 0.25) is 5.02 Å². The van der Waals surface area contributed by atoms with E-state index < -0.39 is 6.10 Å². The van der Waals surface area contributed by atoms with Crippen LogP contribution in [0.15, 0.2) is 18.2 Å². The molecule has 0 bridgehead atoms. The maximum Gasteiger partial charge on any atom is 0.138 e. The Morgan fingerprint density at radius 1 is 1.50 bits per heavy atom. The van der Waals surface area contributed by atoms with E-state index in [2.05, 4.69) is 0 Å². The first-order chi connectivity index (χ1) is 6.63. The molecule has 0 radical (unpaired) electrons. The molecular weight excluding hydrogens is 204 g/mol. The molecule has 4 heteroatoms. The van der Waals surface area contributed by atoms with Crippen molar-refractivity contribution in [3.05, 3.63) is 28.8 Å². The van der Waals surface area contributed by atoms with E-state index in [9.17, 15) is 0 Å². The van der Waals surface area contributed by atoms with E-state index in [0.29, 0.717) is 10.8 Å². The van der Waals surface area contributed by atoms with E-state index in [-0.39, 0.29) is 13.2 Å². The molecule has 1 atom stereocenters. The molecule has 2 N–H and O–H groups in total. The Morgan fingerprint density at radius 3 is 2.79 bits per heavy atom. The molecule has 78 valence electrons. The van der Waals surface area contributed by atoms with E-state index >= 15 is 0 Å². The molecule has 0 saturated carbocycles. The van der Waals surface area contributed by atoms with Gasteiger partial charge in [-0.3, -0.25) is 0 Å². The molecule has 1 aromatic carbocycles. The van der Waals surface area contributed by atoms with Gasteiger partial charge in [-0.25, -0.2) is 0 Å². The number of hydrogen-bond acceptors (Lipinski definition) is 3. The molecule has 0 aliphatic carbocycles. The zero-order valence-electron chi connectivity index (χ0n) is 7.90. The molecular formula is C10H13ClO3. The normalized spacial score (nSPS) is 12.6. The topological polar surface area (TPSA) is 49.7 Å². The lowest BCUT2D eigenvalue weighted by atomic mass is 10.2. The molecule has 0 aromatic heterocycles. The summed E-state index contributed by atoms with van der Waals surface area (Å²) >= 11 is 5.89. The maximum atomic E-state index is 9.05. The van der Waals surface area contributed by atoms with Crippen LogP contribution in [0.25, 0.3) is 0 Å². The minimum absolute atomic E-state index is 0.0410. The highest BCUT2D eigenvalue weighted by Crippen LogP contribution is 2.25. The fraction of sp³-hybridized carbons (Fsp3) is 0.400. The first-order valence-electron chi connectivity index (χ1n) is 4.31. The Hall–Kier alpha value is -0.770. The minimum atomic E-state index is -0.868. The molecule has 1 aromatic rings. The minimum Gasteiger partial charge on any atom is -0.489 e. The number of rotatable bonds is 4. The summed E-state index contributed by atoms with van der Waals surface area (Å²) in [6.45, 7) is 1.65. The third-order valence-electron chi connectivity index (χ3n) is 1.73. The summed E-state index contributed by atoms with van der Waals surface area (Å²) < 4.78 is 5.20. The number of aliphatic hydroxyl groups excluding tert-OH is 2. The number of ether oxygens (including phenoxy) is 1. The van der Waals surface area contributed by atoms with E-state index in [4.69, 9.17) is 26.6 Å². The predicted octanol–water partition coefficient (Wildman–Crippen LogP) is 1.38. The quantitative estimate of drug-likeness (QED) is 0.800. The average Bonchev–Trinajstić information content (AvgIpc) is 2.16. The highest BCUT2D eigenvalue weighted by atomic mass is 35.5. The molecule has 0 spiro atoms. The smallest absolute Gasteiger partial charge is 0.138 e. The van der Waals surface area contributed by atoms with E-state index in [1.807, 2.05) is 13.0 Å². The first kappa shape index (κ1) is 11.3. The molecule has 0 saturated heterocycles. The van der Waals surface area contributed by atoms with Crippen LogP contribution in [0.5, 0.6) is 5.75 Å². The van der Waals surface area contributed by atoms with Crippen LogP contribution in [0.3, 0.4) is 0 Å². The molecule has 0 fully saturated rings. The van der Waals surface area contributed by atoms with Crippen molar-refractivity contribution in [1.82, 2.24) is 0 Å². The Labute approximate surface area is 87.9 Å². The van der Waals surface area contributed by atoms with Crippen LogP contribution in [0.4, 0.5) is 0 Å². The van der Waals surface area contributed by atoms with Crippen LogP contribution in [-0.2, 0) is 0 Å². The number of aliphatic hydroxyl groups is 2. The Morgan fingerprint density at radius 2 is 2.21 bits per heavy atom. The molecule has 0 aliphatic heterocycles. The standard InChI is InChI=1S/C10H13ClO3/c1-7-2-3-10(9(11)4-7)14-6-8(13)5-12/h2-4,8,12-13H,5-6H2,1H3/t8-/m0/s1. The maximum absolute atomic E-state index is 9.05. The van der Waals surface area contributed by atoms with Crippen molar-refractivity contribution in [3.8, 4) is 5.75 Å². The van der Waals surface area contributed by atoms with Crippen molar-refractivity contribution >= 4 is 11.6 Å². The Kier molecular flexibility index (Phi) is 4.20. The summed E-state index contributed by atoms with van der Waals surface area (Å²) in [7, 11) is 0. The van der Waals surface area contributed by atoms with Gasteiger partial charge in [-0.1, -0.05) is 17.7 Å². The molecule has 3 nitrogen and oxygen atoms in total. The summed E-state index contributed by atoms with van der Waals surface area (Å²) in [6.07, 6.45) is -0.868. The van der Waals surface area contributed by atoms with Gasteiger partial charge in [0.1, 0.15) is 18.5 Å². The molecule has 14 heavy (non-hydrogen) atoms. The summed E-state index contributed by atoms with van der Waals surface area (Å²) in [5.74, 6) is 0.518. The van der Waals surface area contributed by atoms with Gasteiger partial charge in [0.15, 0.2) is 0 Å². The predicted molar refractivity (Wildman–Crippen MR) is 54.8 cm³/mol. The fourth-order valence-corrected chi connectivity index (χ4v) is 1.25. The second-order valence-corrected chi connectivity index (χ2v) is 3.49. The monoisotopic (exact) mass is 216 g/mol. The number of hydrogen-bond donors (Lipinski definition) is 2. The average molecular weight is 217 g/mol. The van der Waals surface area contributed by atoms with Gasteiger partial charge in [0.2, 0.25) is 0 Å². The van der Waals surface area contributed by atoms with Gasteiger partial charge in [-0.15, -0.1) is 0 Å². The van der Waals surface area contributed by atoms with Crippen LogP contribution < -0.4 is 4.74 Å². The summed E-state index contributed by atoms with van der Waals surface area (Å²) in [5.41, 5.74) is 1.05. The van der Waals surface area contributed by atoms with Crippen molar-refractivity contribution < 1.29 is 14.9 Å². The number of halogens is 1. The van der Waals surface area contributed by atoms with Gasteiger partial charge in [-0.2, -0.15) is 0 Å². The Balaban J connectivity index is 2.59. The van der Waals surface area contributed by atoms with E-state index in [1.54, 1.807) is 12.1 Å². The molecule has 0 amide bonds. The molecule has 1 rings (SSSR count). The number of aryl methyl sites for hydroxylation is 1. The molecule has 0 aliphatic rings. The number of benzene rings is 1. The summed E-state index contributed by atoms with van der Waals surface area (Å²) in [4.78, 5) is 0. The Bertz CT molecular complexity index is 301. The van der Waals surface area contributed by atoms with Crippen molar-refractivity contribution in [3.63, 3.8) is 0 Å². The van der Waals surface area contributed by atoms with Crippen LogP contribution >= 0.6 is 11.6 Å². The summed E-state index contributed by atoms with van der Waals surface area (Å²) in [5, 5.41) is 18.1. The second kappa shape index (κ2) is 5.20. The lowest BCUT2D eigenvalue weighted by Gasteiger charge is -2.11. The first-order valence-corrected chi connectivity index (χ1v) is 4.69. The molecule has 0 heterocycles. The van der Waals surface area contributed by atoms with Gasteiger partial charge >= 0.3 is 0 Å². The van der Waals surface area contributed by atoms with Crippen molar-refractivity contribution in [1.29, 1.82) is 0 Å². The van der Waals surface area contributed by atoms with Crippen LogP contribution in [-0.4, -0.2) is 29.5 Å². The third kappa shape index (κ3) is 3.18. The van der Waals surface area contributed by atoms with E-state index in [0.717, 1.165) is 5.56 Å². The zero-order valence-corrected chi connectivity index (χ0v) is 8.66. The van der Waals surface area contributed by atoms with Gasteiger partial charge in [-0.05, 0) is 24.6 Å². The summed E-state index contributed by atoms with van der Waals surface area (Å²) in [6, 6.07) is 5.39. The highest BCUT2D eigenvalue weighted by Gasteiger charge is 2.05. The highest BCUT2D eigenvalue weighted by molar-refractivity contribution is 6.32. The second-order valence-electron chi connectivity index (χ2n) is 3.08. The van der Waals surface area contributed by atoms with Gasteiger partial charge in [0, 0.05) is 0 Å². The lowest BCUT2D eigenvalue weighted by molar-refractivity contribution is 0.0536. The largest absolute Gasteiger partial charge is 0.489 e. The van der Waals surface area contributed by atoms with E-state index in [1.165, 1.54) is 0 Å². The fourth-order valence-electron chi connectivity index (χ4n) is 0.962.